The highest BCUT2D eigenvalue weighted by atomic mass is 35.5. The largest absolute Gasteiger partial charge is 0.496 e. The van der Waals surface area contributed by atoms with E-state index in [0.29, 0.717) is 13.0 Å². The molecular formula is C14H21ClN2O2. The van der Waals surface area contributed by atoms with Gasteiger partial charge in [-0.05, 0) is 18.9 Å². The first-order valence-corrected chi connectivity index (χ1v) is 6.36. The summed E-state index contributed by atoms with van der Waals surface area (Å²) in [4.78, 5) is 14.1. The molecule has 0 radical (unpaired) electrons. The van der Waals surface area contributed by atoms with Gasteiger partial charge < -0.3 is 15.4 Å². The SMILES string of the molecule is COc1ccccc1CC(=O)N1CCC[C@@H](N)C1.Cl. The zero-order valence-corrected chi connectivity index (χ0v) is 12.0. The maximum absolute atomic E-state index is 12.2. The summed E-state index contributed by atoms with van der Waals surface area (Å²) in [6.07, 6.45) is 2.40. The first kappa shape index (κ1) is 15.8. The molecule has 1 amide bonds. The molecule has 19 heavy (non-hydrogen) atoms. The Morgan fingerprint density at radius 1 is 1.47 bits per heavy atom. The van der Waals surface area contributed by atoms with E-state index in [2.05, 4.69) is 0 Å². The van der Waals surface area contributed by atoms with E-state index >= 15 is 0 Å². The minimum absolute atomic E-state index is 0. The molecule has 2 rings (SSSR count). The fourth-order valence-corrected chi connectivity index (χ4v) is 2.36. The van der Waals surface area contributed by atoms with Crippen molar-refractivity contribution in [2.45, 2.75) is 25.3 Å². The van der Waals surface area contributed by atoms with Crippen molar-refractivity contribution in [3.63, 3.8) is 0 Å². The molecule has 0 spiro atoms. The highest BCUT2D eigenvalue weighted by molar-refractivity contribution is 5.85. The van der Waals surface area contributed by atoms with Crippen molar-refractivity contribution in [2.75, 3.05) is 20.2 Å². The van der Waals surface area contributed by atoms with Crippen molar-refractivity contribution >= 4 is 18.3 Å². The van der Waals surface area contributed by atoms with Crippen LogP contribution in [-0.4, -0.2) is 37.0 Å². The number of para-hydroxylation sites is 1. The van der Waals surface area contributed by atoms with Crippen LogP contribution in [0, 0.1) is 0 Å². The molecule has 0 unspecified atom stereocenters. The molecule has 5 heteroatoms. The molecule has 1 aromatic carbocycles. The third kappa shape index (κ3) is 4.11. The standard InChI is InChI=1S/C14H20N2O2.ClH/c1-18-13-7-3-2-5-11(13)9-14(17)16-8-4-6-12(15)10-16;/h2-3,5,7,12H,4,6,8-10,15H2,1H3;1H/t12-;/m1./s1. The van der Waals surface area contributed by atoms with Crippen molar-refractivity contribution in [3.05, 3.63) is 29.8 Å². The maximum atomic E-state index is 12.2. The second-order valence-electron chi connectivity index (χ2n) is 4.73. The third-order valence-corrected chi connectivity index (χ3v) is 3.34. The molecule has 1 atom stereocenters. The molecule has 0 saturated carbocycles. The van der Waals surface area contributed by atoms with E-state index in [9.17, 15) is 4.79 Å². The zero-order valence-electron chi connectivity index (χ0n) is 11.2. The van der Waals surface area contributed by atoms with Gasteiger partial charge in [0.25, 0.3) is 0 Å². The summed E-state index contributed by atoms with van der Waals surface area (Å²) < 4.78 is 5.26. The minimum atomic E-state index is 0. The van der Waals surface area contributed by atoms with E-state index in [1.54, 1.807) is 7.11 Å². The number of methoxy groups -OCH3 is 1. The van der Waals surface area contributed by atoms with Gasteiger partial charge in [0.05, 0.1) is 13.5 Å². The molecule has 1 aliphatic heterocycles. The summed E-state index contributed by atoms with van der Waals surface area (Å²) in [7, 11) is 1.63. The Morgan fingerprint density at radius 3 is 2.89 bits per heavy atom. The Labute approximate surface area is 120 Å². The molecular weight excluding hydrogens is 264 g/mol. The molecule has 4 nitrogen and oxygen atoms in total. The van der Waals surface area contributed by atoms with Crippen LogP contribution < -0.4 is 10.5 Å². The van der Waals surface area contributed by atoms with Gasteiger partial charge in [-0.1, -0.05) is 18.2 Å². The van der Waals surface area contributed by atoms with Gasteiger partial charge in [0, 0.05) is 24.7 Å². The lowest BCUT2D eigenvalue weighted by Crippen LogP contribution is -2.46. The highest BCUT2D eigenvalue weighted by Crippen LogP contribution is 2.19. The second kappa shape index (κ2) is 7.36. The lowest BCUT2D eigenvalue weighted by molar-refractivity contribution is -0.131. The number of rotatable bonds is 3. The number of carbonyl (C=O) groups excluding carboxylic acids is 1. The van der Waals surface area contributed by atoms with Crippen molar-refractivity contribution in [1.29, 1.82) is 0 Å². The van der Waals surface area contributed by atoms with Crippen LogP contribution in [0.2, 0.25) is 0 Å². The van der Waals surface area contributed by atoms with Gasteiger partial charge in [-0.15, -0.1) is 12.4 Å². The summed E-state index contributed by atoms with van der Waals surface area (Å²) in [5.41, 5.74) is 6.83. The first-order valence-electron chi connectivity index (χ1n) is 6.36. The number of carbonyl (C=O) groups is 1. The smallest absolute Gasteiger partial charge is 0.227 e. The highest BCUT2D eigenvalue weighted by Gasteiger charge is 2.21. The molecule has 1 aromatic rings. The van der Waals surface area contributed by atoms with Crippen molar-refractivity contribution < 1.29 is 9.53 Å². The van der Waals surface area contributed by atoms with E-state index in [-0.39, 0.29) is 24.4 Å². The number of nitrogens with two attached hydrogens (primary N) is 1. The summed E-state index contributed by atoms with van der Waals surface area (Å²) >= 11 is 0. The molecule has 106 valence electrons. The number of hydrogen-bond acceptors (Lipinski definition) is 3. The number of hydrogen-bond donors (Lipinski definition) is 1. The molecule has 1 fully saturated rings. The Balaban J connectivity index is 0.00000180. The van der Waals surface area contributed by atoms with Crippen LogP contribution in [-0.2, 0) is 11.2 Å². The van der Waals surface area contributed by atoms with Gasteiger partial charge in [-0.3, -0.25) is 4.79 Å². The van der Waals surface area contributed by atoms with Gasteiger partial charge in [0.2, 0.25) is 5.91 Å². The number of benzene rings is 1. The molecule has 2 N–H and O–H groups in total. The number of piperidine rings is 1. The fraction of sp³-hybridized carbons (Fsp3) is 0.500. The molecule has 1 saturated heterocycles. The van der Waals surface area contributed by atoms with Gasteiger partial charge in [0.1, 0.15) is 5.75 Å². The van der Waals surface area contributed by atoms with Crippen LogP contribution >= 0.6 is 12.4 Å². The van der Waals surface area contributed by atoms with E-state index < -0.39 is 0 Å². The van der Waals surface area contributed by atoms with Crippen molar-refractivity contribution in [3.8, 4) is 5.75 Å². The van der Waals surface area contributed by atoms with Gasteiger partial charge in [0.15, 0.2) is 0 Å². The average molecular weight is 285 g/mol. The number of likely N-dealkylation sites (tertiary alicyclic amines) is 1. The summed E-state index contributed by atoms with van der Waals surface area (Å²) in [5, 5.41) is 0. The molecule has 0 aliphatic carbocycles. The van der Waals surface area contributed by atoms with Crippen molar-refractivity contribution in [1.82, 2.24) is 4.90 Å². The van der Waals surface area contributed by atoms with Crippen molar-refractivity contribution in [2.24, 2.45) is 5.73 Å². The fourth-order valence-electron chi connectivity index (χ4n) is 2.36. The lowest BCUT2D eigenvalue weighted by Gasteiger charge is -2.31. The summed E-state index contributed by atoms with van der Waals surface area (Å²) in [6, 6.07) is 7.77. The van der Waals surface area contributed by atoms with E-state index in [0.717, 1.165) is 30.7 Å². The van der Waals surface area contributed by atoms with Crippen LogP contribution in [0.25, 0.3) is 0 Å². The van der Waals surface area contributed by atoms with Crippen LogP contribution in [0.3, 0.4) is 0 Å². The lowest BCUT2D eigenvalue weighted by atomic mass is 10.0. The first-order chi connectivity index (χ1) is 8.70. The topological polar surface area (TPSA) is 55.6 Å². The normalized spacial score (nSPS) is 18.6. The number of amides is 1. The van der Waals surface area contributed by atoms with E-state index in [4.69, 9.17) is 10.5 Å². The Hall–Kier alpha value is -1.26. The minimum Gasteiger partial charge on any atom is -0.496 e. The molecule has 1 aliphatic rings. The summed E-state index contributed by atoms with van der Waals surface area (Å²) in [5.74, 6) is 0.904. The van der Waals surface area contributed by atoms with Crippen LogP contribution in [0.15, 0.2) is 24.3 Å². The number of halogens is 1. The Bertz CT molecular complexity index is 426. The maximum Gasteiger partial charge on any atom is 0.227 e. The van der Waals surface area contributed by atoms with Crippen LogP contribution in [0.1, 0.15) is 18.4 Å². The van der Waals surface area contributed by atoms with E-state index in [1.807, 2.05) is 29.2 Å². The molecule has 1 heterocycles. The van der Waals surface area contributed by atoms with Gasteiger partial charge in [-0.2, -0.15) is 0 Å². The molecule has 0 bridgehead atoms. The van der Waals surface area contributed by atoms with Crippen LogP contribution in [0.4, 0.5) is 0 Å². The average Bonchev–Trinajstić information content (AvgIpc) is 2.39. The second-order valence-corrected chi connectivity index (χ2v) is 4.73. The summed E-state index contributed by atoms with van der Waals surface area (Å²) in [6.45, 7) is 1.50. The Kier molecular flexibility index (Phi) is 6.12. The monoisotopic (exact) mass is 284 g/mol. The predicted molar refractivity (Wildman–Crippen MR) is 77.7 cm³/mol. The van der Waals surface area contributed by atoms with Gasteiger partial charge >= 0.3 is 0 Å². The quantitative estimate of drug-likeness (QED) is 0.917. The third-order valence-electron chi connectivity index (χ3n) is 3.34. The van der Waals surface area contributed by atoms with Gasteiger partial charge in [-0.25, -0.2) is 0 Å². The number of nitrogens with zero attached hydrogens (tertiary/aromatic N) is 1. The predicted octanol–water partition coefficient (Wildman–Crippen LogP) is 1.61. The van der Waals surface area contributed by atoms with Crippen LogP contribution in [0.5, 0.6) is 5.75 Å². The molecule has 0 aromatic heterocycles. The van der Waals surface area contributed by atoms with E-state index in [1.165, 1.54) is 0 Å². The zero-order chi connectivity index (χ0) is 13.0. The Morgan fingerprint density at radius 2 is 2.21 bits per heavy atom. The number of ether oxygens (including phenoxy) is 1.